The Labute approximate surface area is 147 Å². The van der Waals surface area contributed by atoms with Gasteiger partial charge in [0.2, 0.25) is 0 Å². The molecule has 2 N–H and O–H groups in total. The maximum atomic E-state index is 12.1. The lowest BCUT2D eigenvalue weighted by Gasteiger charge is -2.37. The summed E-state index contributed by atoms with van der Waals surface area (Å²) in [5.41, 5.74) is -0.782. The third-order valence-corrected chi connectivity index (χ3v) is 4.74. The normalized spacial score (nSPS) is 37.5. The summed E-state index contributed by atoms with van der Waals surface area (Å²) in [5.74, 6) is -1.67. The lowest BCUT2D eigenvalue weighted by Crippen LogP contribution is -2.56. The Bertz CT molecular complexity index is 644. The van der Waals surface area contributed by atoms with Gasteiger partial charge in [-0.2, -0.15) is 0 Å². The Kier molecular flexibility index (Phi) is 5.54. The molecule has 0 aromatic carbocycles. The molecule has 0 bridgehead atoms. The van der Waals surface area contributed by atoms with Gasteiger partial charge in [-0.15, -0.1) is 0 Å². The molecule has 1 heterocycles. The minimum atomic E-state index is -2.06. The number of allylic oxidation sites excluding steroid dienone is 2. The lowest BCUT2D eigenvalue weighted by molar-refractivity contribution is -0.170. The van der Waals surface area contributed by atoms with E-state index in [0.29, 0.717) is 18.4 Å². The van der Waals surface area contributed by atoms with Crippen LogP contribution in [0, 0.1) is 5.92 Å². The molecule has 1 saturated heterocycles. The predicted molar refractivity (Wildman–Crippen MR) is 91.4 cm³/mol. The third kappa shape index (κ3) is 3.55. The van der Waals surface area contributed by atoms with Gasteiger partial charge in [0.05, 0.1) is 11.5 Å². The molecule has 25 heavy (non-hydrogen) atoms. The first-order valence-corrected chi connectivity index (χ1v) is 8.44. The van der Waals surface area contributed by atoms with Crippen LogP contribution in [0.5, 0.6) is 0 Å². The van der Waals surface area contributed by atoms with Gasteiger partial charge in [0.15, 0.2) is 17.8 Å². The van der Waals surface area contributed by atoms with Crippen molar-refractivity contribution in [3.8, 4) is 0 Å². The highest BCUT2D eigenvalue weighted by atomic mass is 16.6. The fourth-order valence-electron chi connectivity index (χ4n) is 3.00. The highest BCUT2D eigenvalue weighted by molar-refractivity contribution is 5.93. The van der Waals surface area contributed by atoms with Crippen LogP contribution in [0.4, 0.5) is 0 Å². The van der Waals surface area contributed by atoms with Crippen molar-refractivity contribution in [2.24, 2.45) is 5.92 Å². The molecule has 0 aromatic rings. The maximum Gasteiger partial charge on any atom is 0.337 e. The van der Waals surface area contributed by atoms with Gasteiger partial charge in [-0.1, -0.05) is 32.1 Å². The SMILES string of the molecule is C=C1C(=O)O[C@@H]2/C=C(\C)CC/C=C(/C)[C@@H](OC(=O)C(C)C)[C@H](O)[C@]12O. The predicted octanol–water partition coefficient (Wildman–Crippen LogP) is 1.81. The van der Waals surface area contributed by atoms with Crippen LogP contribution in [-0.2, 0) is 19.1 Å². The smallest absolute Gasteiger partial charge is 0.337 e. The molecule has 6 nitrogen and oxygen atoms in total. The van der Waals surface area contributed by atoms with E-state index in [1.807, 2.05) is 13.0 Å². The van der Waals surface area contributed by atoms with Crippen molar-refractivity contribution in [2.75, 3.05) is 0 Å². The standard InChI is InChI=1S/C19H26O6/c1-10(2)17(21)25-15-12(4)8-6-7-11(3)9-14-19(23,16(15)20)13(5)18(22)24-14/h8-10,14-16,20,23H,5-7H2,1-4H3/b11-9+,12-8-/t14-,15-,16+,19+/m1/s1. The van der Waals surface area contributed by atoms with Gasteiger partial charge >= 0.3 is 11.9 Å². The van der Waals surface area contributed by atoms with Gasteiger partial charge in [-0.25, -0.2) is 4.79 Å². The van der Waals surface area contributed by atoms with E-state index in [1.54, 1.807) is 26.8 Å². The first kappa shape index (κ1) is 19.4. The fourth-order valence-corrected chi connectivity index (χ4v) is 3.00. The number of aliphatic hydroxyl groups excluding tert-OH is 1. The molecule has 0 radical (unpaired) electrons. The number of esters is 2. The lowest BCUT2D eigenvalue weighted by atomic mass is 9.79. The summed E-state index contributed by atoms with van der Waals surface area (Å²) < 4.78 is 10.7. The van der Waals surface area contributed by atoms with Crippen molar-refractivity contribution >= 4 is 11.9 Å². The summed E-state index contributed by atoms with van der Waals surface area (Å²) in [6.45, 7) is 10.5. The van der Waals surface area contributed by atoms with Crippen LogP contribution in [0.2, 0.25) is 0 Å². The Hall–Kier alpha value is -1.92. The number of hydrogen-bond donors (Lipinski definition) is 2. The van der Waals surface area contributed by atoms with Crippen molar-refractivity contribution in [1.29, 1.82) is 0 Å². The van der Waals surface area contributed by atoms with Gasteiger partial charge in [-0.05, 0) is 38.3 Å². The van der Waals surface area contributed by atoms with Gasteiger partial charge in [0.25, 0.3) is 0 Å². The fraction of sp³-hybridized carbons (Fsp3) is 0.579. The summed E-state index contributed by atoms with van der Waals surface area (Å²) in [6.07, 6.45) is 1.09. The number of carbonyl (C=O) groups is 2. The summed E-state index contributed by atoms with van der Waals surface area (Å²) in [7, 11) is 0. The van der Waals surface area contributed by atoms with Gasteiger partial charge in [0, 0.05) is 0 Å². The molecular formula is C19H26O6. The average Bonchev–Trinajstić information content (AvgIpc) is 2.75. The monoisotopic (exact) mass is 350 g/mol. The topological polar surface area (TPSA) is 93.1 Å². The second-order valence-corrected chi connectivity index (χ2v) is 7.09. The molecule has 0 amide bonds. The highest BCUT2D eigenvalue weighted by Crippen LogP contribution is 2.39. The first-order valence-electron chi connectivity index (χ1n) is 8.44. The van der Waals surface area contributed by atoms with Crippen LogP contribution in [0.3, 0.4) is 0 Å². The van der Waals surface area contributed by atoms with Crippen LogP contribution < -0.4 is 0 Å². The van der Waals surface area contributed by atoms with E-state index in [-0.39, 0.29) is 5.57 Å². The number of rotatable bonds is 2. The van der Waals surface area contributed by atoms with E-state index in [4.69, 9.17) is 9.47 Å². The highest BCUT2D eigenvalue weighted by Gasteiger charge is 2.58. The Balaban J connectivity index is 2.50. The second-order valence-electron chi connectivity index (χ2n) is 7.09. The largest absolute Gasteiger partial charge is 0.455 e. The quantitative estimate of drug-likeness (QED) is 0.448. The number of aliphatic hydroxyl groups is 2. The summed E-state index contributed by atoms with van der Waals surface area (Å²) in [4.78, 5) is 24.0. The van der Waals surface area contributed by atoms with E-state index < -0.39 is 41.8 Å². The Morgan fingerprint density at radius 2 is 2.08 bits per heavy atom. The Morgan fingerprint density at radius 1 is 1.44 bits per heavy atom. The summed E-state index contributed by atoms with van der Waals surface area (Å²) in [5, 5.41) is 22.0. The minimum absolute atomic E-state index is 0.243. The molecule has 0 spiro atoms. The molecule has 0 unspecified atom stereocenters. The zero-order valence-corrected chi connectivity index (χ0v) is 15.1. The molecule has 1 aliphatic heterocycles. The molecular weight excluding hydrogens is 324 g/mol. The number of ether oxygens (including phenoxy) is 2. The molecule has 4 atom stereocenters. The van der Waals surface area contributed by atoms with E-state index in [1.165, 1.54) is 0 Å². The van der Waals surface area contributed by atoms with Crippen molar-refractivity contribution in [2.45, 2.75) is 64.4 Å². The van der Waals surface area contributed by atoms with E-state index >= 15 is 0 Å². The van der Waals surface area contributed by atoms with Crippen LogP contribution in [0.25, 0.3) is 0 Å². The molecule has 2 rings (SSSR count). The summed E-state index contributed by atoms with van der Waals surface area (Å²) >= 11 is 0. The number of fused-ring (bicyclic) bond motifs is 1. The van der Waals surface area contributed by atoms with Crippen LogP contribution in [0.15, 0.2) is 35.5 Å². The van der Waals surface area contributed by atoms with Crippen molar-refractivity contribution in [3.05, 3.63) is 35.5 Å². The summed E-state index contributed by atoms with van der Waals surface area (Å²) in [6, 6.07) is 0. The molecule has 2 aliphatic rings. The van der Waals surface area contributed by atoms with E-state index in [0.717, 1.165) is 5.57 Å². The van der Waals surface area contributed by atoms with Crippen molar-refractivity contribution in [1.82, 2.24) is 0 Å². The molecule has 0 aromatic heterocycles. The molecule has 138 valence electrons. The number of carbonyl (C=O) groups excluding carboxylic acids is 2. The van der Waals surface area contributed by atoms with Crippen LogP contribution in [0.1, 0.15) is 40.5 Å². The second kappa shape index (κ2) is 7.14. The molecule has 1 aliphatic carbocycles. The third-order valence-electron chi connectivity index (χ3n) is 4.74. The van der Waals surface area contributed by atoms with Gasteiger partial charge in [-0.3, -0.25) is 4.79 Å². The van der Waals surface area contributed by atoms with E-state index in [9.17, 15) is 19.8 Å². The van der Waals surface area contributed by atoms with Gasteiger partial charge in [0.1, 0.15) is 6.10 Å². The van der Waals surface area contributed by atoms with Gasteiger partial charge < -0.3 is 19.7 Å². The zero-order valence-electron chi connectivity index (χ0n) is 15.1. The number of hydrogen-bond acceptors (Lipinski definition) is 6. The van der Waals surface area contributed by atoms with Crippen LogP contribution in [-0.4, -0.2) is 46.1 Å². The first-order chi connectivity index (χ1) is 11.6. The maximum absolute atomic E-state index is 12.1. The zero-order chi connectivity index (χ0) is 18.9. The minimum Gasteiger partial charge on any atom is -0.455 e. The molecule has 0 saturated carbocycles. The van der Waals surface area contributed by atoms with Crippen molar-refractivity contribution < 1.29 is 29.3 Å². The Morgan fingerprint density at radius 3 is 2.68 bits per heavy atom. The van der Waals surface area contributed by atoms with Crippen LogP contribution >= 0.6 is 0 Å². The average molecular weight is 350 g/mol. The van der Waals surface area contributed by atoms with Crippen molar-refractivity contribution in [3.63, 3.8) is 0 Å². The molecule has 6 heteroatoms. The molecule has 1 fully saturated rings. The van der Waals surface area contributed by atoms with E-state index in [2.05, 4.69) is 6.58 Å².